The maximum absolute atomic E-state index is 9.27. The lowest BCUT2D eigenvalue weighted by Crippen LogP contribution is -2.30. The molecule has 2 aromatic heterocycles. The molecule has 6 heteroatoms. The van der Waals surface area contributed by atoms with Crippen LogP contribution in [0.3, 0.4) is 0 Å². The average Bonchev–Trinajstić information content (AvgIpc) is 3.30. The quantitative estimate of drug-likeness (QED) is 0.767. The molecule has 1 N–H and O–H groups in total. The molecule has 1 aliphatic heterocycles. The maximum Gasteiger partial charge on any atom is 0.235 e. The predicted octanol–water partition coefficient (Wildman–Crippen LogP) is 3.67. The number of para-hydroxylation sites is 1. The van der Waals surface area contributed by atoms with Crippen LogP contribution in [0.25, 0.3) is 22.2 Å². The van der Waals surface area contributed by atoms with Crippen molar-refractivity contribution in [3.63, 3.8) is 0 Å². The second-order valence-electron chi connectivity index (χ2n) is 7.31. The Balaban J connectivity index is 1.59. The fourth-order valence-corrected chi connectivity index (χ4v) is 3.65. The number of benzene rings is 1. The summed E-state index contributed by atoms with van der Waals surface area (Å²) in [5.41, 5.74) is 3.95. The van der Waals surface area contributed by atoms with Crippen molar-refractivity contribution < 1.29 is 4.74 Å². The minimum atomic E-state index is 0.164. The van der Waals surface area contributed by atoms with Gasteiger partial charge in [-0.1, -0.05) is 12.1 Å². The lowest BCUT2D eigenvalue weighted by Gasteiger charge is -2.20. The van der Waals surface area contributed by atoms with Crippen LogP contribution in [-0.2, 0) is 0 Å². The van der Waals surface area contributed by atoms with Gasteiger partial charge >= 0.3 is 0 Å². The van der Waals surface area contributed by atoms with Gasteiger partial charge in [-0.15, -0.1) is 0 Å². The summed E-state index contributed by atoms with van der Waals surface area (Å²) in [5.74, 6) is 0.604. The van der Waals surface area contributed by atoms with Crippen molar-refractivity contribution in [1.29, 1.82) is 5.26 Å². The summed E-state index contributed by atoms with van der Waals surface area (Å²) >= 11 is 0. The fourth-order valence-electron chi connectivity index (χ4n) is 3.65. The number of hydrogen-bond donors (Lipinski definition) is 1. The van der Waals surface area contributed by atoms with E-state index < -0.39 is 0 Å². The molecule has 1 aromatic carbocycles. The summed E-state index contributed by atoms with van der Waals surface area (Å²) in [6.07, 6.45) is 4.81. The maximum atomic E-state index is 9.27. The number of aromatic nitrogens is 3. The van der Waals surface area contributed by atoms with Gasteiger partial charge in [0.2, 0.25) is 5.88 Å². The van der Waals surface area contributed by atoms with Crippen molar-refractivity contribution in [1.82, 2.24) is 19.9 Å². The standard InChI is InChI=1S/C21H23N5O/c1-13(2)26-8-7-16(12-26)27-21-14(3)25-19(11-24-21)18-10-23-20-15(9-22)5-4-6-17(18)20/h4-6,10-11,13,16,23H,7-8,12H2,1-3H3. The third-order valence-electron chi connectivity index (χ3n) is 5.20. The summed E-state index contributed by atoms with van der Waals surface area (Å²) in [4.78, 5) is 14.9. The topological polar surface area (TPSA) is 77.8 Å². The number of ether oxygens (including phenoxy) is 1. The Labute approximate surface area is 158 Å². The van der Waals surface area contributed by atoms with E-state index in [1.165, 1.54) is 0 Å². The van der Waals surface area contributed by atoms with E-state index in [2.05, 4.69) is 34.8 Å². The Hall–Kier alpha value is -2.91. The summed E-state index contributed by atoms with van der Waals surface area (Å²) in [7, 11) is 0. The van der Waals surface area contributed by atoms with E-state index in [0.717, 1.165) is 47.4 Å². The molecule has 0 spiro atoms. The van der Waals surface area contributed by atoms with Gasteiger partial charge in [-0.3, -0.25) is 4.90 Å². The van der Waals surface area contributed by atoms with Crippen molar-refractivity contribution in [3.05, 3.63) is 41.9 Å². The Morgan fingerprint density at radius 3 is 2.93 bits per heavy atom. The van der Waals surface area contributed by atoms with Crippen LogP contribution in [0.15, 0.2) is 30.6 Å². The van der Waals surface area contributed by atoms with Gasteiger partial charge in [0.15, 0.2) is 0 Å². The van der Waals surface area contributed by atoms with Crippen LogP contribution in [0, 0.1) is 18.3 Å². The number of hydrogen-bond acceptors (Lipinski definition) is 5. The molecule has 27 heavy (non-hydrogen) atoms. The van der Waals surface area contributed by atoms with Gasteiger partial charge in [0.05, 0.1) is 23.0 Å². The summed E-state index contributed by atoms with van der Waals surface area (Å²) < 4.78 is 6.12. The molecular weight excluding hydrogens is 338 g/mol. The largest absolute Gasteiger partial charge is 0.472 e. The third-order valence-corrected chi connectivity index (χ3v) is 5.20. The lowest BCUT2D eigenvalue weighted by molar-refractivity contribution is 0.179. The van der Waals surface area contributed by atoms with E-state index in [4.69, 9.17) is 9.72 Å². The molecule has 0 bridgehead atoms. The molecule has 6 nitrogen and oxygen atoms in total. The SMILES string of the molecule is Cc1nc(-c2c[nH]c3c(C#N)cccc23)cnc1OC1CCN(C(C)C)C1. The van der Waals surface area contributed by atoms with Crippen molar-refractivity contribution in [2.45, 2.75) is 39.3 Å². The highest BCUT2D eigenvalue weighted by Crippen LogP contribution is 2.30. The lowest BCUT2D eigenvalue weighted by atomic mass is 10.1. The number of nitrogens with zero attached hydrogens (tertiary/aromatic N) is 4. The molecule has 0 radical (unpaired) electrons. The van der Waals surface area contributed by atoms with Crippen LogP contribution in [0.5, 0.6) is 5.88 Å². The number of rotatable bonds is 4. The Morgan fingerprint density at radius 2 is 2.22 bits per heavy atom. The Kier molecular flexibility index (Phi) is 4.54. The second kappa shape index (κ2) is 7.01. The van der Waals surface area contributed by atoms with Crippen molar-refractivity contribution >= 4 is 10.9 Å². The minimum absolute atomic E-state index is 0.164. The van der Waals surface area contributed by atoms with Crippen LogP contribution in [-0.4, -0.2) is 45.1 Å². The number of nitriles is 1. The van der Waals surface area contributed by atoms with Gasteiger partial charge in [-0.2, -0.15) is 5.26 Å². The molecule has 3 heterocycles. The highest BCUT2D eigenvalue weighted by Gasteiger charge is 2.26. The number of likely N-dealkylation sites (tertiary alicyclic amines) is 1. The van der Waals surface area contributed by atoms with Gasteiger partial charge in [0.1, 0.15) is 17.9 Å². The van der Waals surface area contributed by atoms with Gasteiger partial charge < -0.3 is 9.72 Å². The molecule has 4 rings (SSSR count). The fraction of sp³-hybridized carbons (Fsp3) is 0.381. The van der Waals surface area contributed by atoms with E-state index in [1.54, 1.807) is 12.3 Å². The first-order valence-electron chi connectivity index (χ1n) is 9.31. The number of nitrogens with one attached hydrogen (secondary N) is 1. The molecule has 1 atom stereocenters. The molecule has 0 amide bonds. The summed E-state index contributed by atoms with van der Waals surface area (Å²) in [6.45, 7) is 8.34. The zero-order valence-corrected chi connectivity index (χ0v) is 15.9. The first-order chi connectivity index (χ1) is 13.1. The van der Waals surface area contributed by atoms with Crippen LogP contribution in [0.2, 0.25) is 0 Å². The number of H-pyrrole nitrogens is 1. The van der Waals surface area contributed by atoms with Crippen LogP contribution < -0.4 is 4.74 Å². The molecule has 1 saturated heterocycles. The highest BCUT2D eigenvalue weighted by molar-refractivity contribution is 5.97. The molecule has 0 aliphatic carbocycles. The van der Waals surface area contributed by atoms with Crippen LogP contribution >= 0.6 is 0 Å². The minimum Gasteiger partial charge on any atom is -0.472 e. The monoisotopic (exact) mass is 361 g/mol. The van der Waals surface area contributed by atoms with Gasteiger partial charge in [-0.25, -0.2) is 9.97 Å². The van der Waals surface area contributed by atoms with Crippen LogP contribution in [0.4, 0.5) is 0 Å². The van der Waals surface area contributed by atoms with E-state index in [-0.39, 0.29) is 6.10 Å². The van der Waals surface area contributed by atoms with Gasteiger partial charge in [0, 0.05) is 36.3 Å². The first-order valence-corrected chi connectivity index (χ1v) is 9.31. The normalized spacial score (nSPS) is 17.5. The second-order valence-corrected chi connectivity index (χ2v) is 7.31. The smallest absolute Gasteiger partial charge is 0.235 e. The Bertz CT molecular complexity index is 1020. The number of fused-ring (bicyclic) bond motifs is 1. The first kappa shape index (κ1) is 17.5. The molecule has 1 unspecified atom stereocenters. The molecule has 1 fully saturated rings. The molecule has 0 saturated carbocycles. The van der Waals surface area contributed by atoms with Gasteiger partial charge in [-0.05, 0) is 33.3 Å². The van der Waals surface area contributed by atoms with Gasteiger partial charge in [0.25, 0.3) is 0 Å². The average molecular weight is 361 g/mol. The van der Waals surface area contributed by atoms with Crippen molar-refractivity contribution in [3.8, 4) is 23.2 Å². The zero-order valence-electron chi connectivity index (χ0n) is 15.9. The molecule has 138 valence electrons. The van der Waals surface area contributed by atoms with Crippen molar-refractivity contribution in [2.24, 2.45) is 0 Å². The molecule has 1 aliphatic rings. The number of aromatic amines is 1. The number of aryl methyl sites for hydroxylation is 1. The van der Waals surface area contributed by atoms with E-state index in [9.17, 15) is 5.26 Å². The van der Waals surface area contributed by atoms with E-state index in [1.807, 2.05) is 25.3 Å². The van der Waals surface area contributed by atoms with Crippen LogP contribution in [0.1, 0.15) is 31.5 Å². The summed E-state index contributed by atoms with van der Waals surface area (Å²) in [5, 5.41) is 10.2. The van der Waals surface area contributed by atoms with Crippen molar-refractivity contribution in [2.75, 3.05) is 13.1 Å². The molecule has 3 aromatic rings. The summed E-state index contributed by atoms with van der Waals surface area (Å²) in [6, 6.07) is 8.43. The zero-order chi connectivity index (χ0) is 19.0. The third kappa shape index (κ3) is 3.26. The van der Waals surface area contributed by atoms with E-state index in [0.29, 0.717) is 17.5 Å². The highest BCUT2D eigenvalue weighted by atomic mass is 16.5. The predicted molar refractivity (Wildman–Crippen MR) is 105 cm³/mol. The Morgan fingerprint density at radius 1 is 1.37 bits per heavy atom. The van der Waals surface area contributed by atoms with E-state index >= 15 is 0 Å². The molecular formula is C21H23N5O.